The van der Waals surface area contributed by atoms with Gasteiger partial charge in [-0.1, -0.05) is 30.3 Å². The van der Waals surface area contributed by atoms with Crippen molar-refractivity contribution in [1.82, 2.24) is 0 Å². The van der Waals surface area contributed by atoms with E-state index in [1.807, 2.05) is 6.07 Å². The number of rotatable bonds is 8. The molecule has 0 aliphatic rings. The predicted octanol–water partition coefficient (Wildman–Crippen LogP) is 3.56. The summed E-state index contributed by atoms with van der Waals surface area (Å²) in [6, 6.07) is 8.78. The molecule has 0 amide bonds. The lowest BCUT2D eigenvalue weighted by Crippen LogP contribution is -2.19. The molecule has 0 fully saturated rings. The molecule has 0 aromatic heterocycles. The SMILES string of the molecule is CCOC(=O)[C@@H](c1ccccc1)P(=O)(OCC)OCC. The maximum absolute atomic E-state index is 12.9. The van der Waals surface area contributed by atoms with E-state index in [9.17, 15) is 9.36 Å². The van der Waals surface area contributed by atoms with Gasteiger partial charge in [0.15, 0.2) is 5.66 Å². The fourth-order valence-electron chi connectivity index (χ4n) is 1.85. The molecule has 1 aromatic carbocycles. The monoisotopic (exact) mass is 300 g/mol. The summed E-state index contributed by atoms with van der Waals surface area (Å²) >= 11 is 0. The Kier molecular flexibility index (Phi) is 6.93. The Morgan fingerprint density at radius 2 is 1.60 bits per heavy atom. The van der Waals surface area contributed by atoms with Crippen LogP contribution in [0.4, 0.5) is 0 Å². The van der Waals surface area contributed by atoms with Gasteiger partial charge in [-0.15, -0.1) is 0 Å². The second-order valence-electron chi connectivity index (χ2n) is 3.94. The first kappa shape index (κ1) is 16.9. The smallest absolute Gasteiger partial charge is 0.349 e. The van der Waals surface area contributed by atoms with Crippen LogP contribution in [-0.4, -0.2) is 25.8 Å². The highest BCUT2D eigenvalue weighted by molar-refractivity contribution is 7.55. The molecule has 5 nitrogen and oxygen atoms in total. The van der Waals surface area contributed by atoms with Crippen molar-refractivity contribution in [2.24, 2.45) is 0 Å². The summed E-state index contributed by atoms with van der Waals surface area (Å²) in [4.78, 5) is 12.2. The van der Waals surface area contributed by atoms with E-state index in [2.05, 4.69) is 0 Å². The Bertz CT molecular complexity index is 450. The number of hydrogen-bond acceptors (Lipinski definition) is 5. The van der Waals surface area contributed by atoms with Gasteiger partial charge in [0, 0.05) is 0 Å². The molecule has 6 heteroatoms. The standard InChI is InChI=1S/C14H21O5P/c1-4-17-14(15)13(12-10-8-7-9-11-12)20(16,18-5-2)19-6-3/h7-11,13H,4-6H2,1-3H3/t13-/m1/s1. The molecule has 0 unspecified atom stereocenters. The molecule has 1 rings (SSSR count). The van der Waals surface area contributed by atoms with Crippen molar-refractivity contribution in [1.29, 1.82) is 0 Å². The molecule has 1 atom stereocenters. The van der Waals surface area contributed by atoms with Crippen molar-refractivity contribution in [3.05, 3.63) is 35.9 Å². The van der Waals surface area contributed by atoms with E-state index in [1.165, 1.54) is 0 Å². The molecule has 0 aliphatic heterocycles. The van der Waals surface area contributed by atoms with Gasteiger partial charge in [-0.05, 0) is 26.3 Å². The molecule has 0 bridgehead atoms. The second-order valence-corrected chi connectivity index (χ2v) is 6.05. The van der Waals surface area contributed by atoms with Crippen LogP contribution in [0.3, 0.4) is 0 Å². The van der Waals surface area contributed by atoms with Crippen LogP contribution in [0.5, 0.6) is 0 Å². The zero-order valence-corrected chi connectivity index (χ0v) is 13.0. The van der Waals surface area contributed by atoms with Gasteiger partial charge in [0.2, 0.25) is 0 Å². The van der Waals surface area contributed by atoms with Gasteiger partial charge >= 0.3 is 13.6 Å². The highest BCUT2D eigenvalue weighted by Gasteiger charge is 2.43. The van der Waals surface area contributed by atoms with Crippen LogP contribution >= 0.6 is 7.60 Å². The molecule has 0 radical (unpaired) electrons. The van der Waals surface area contributed by atoms with E-state index in [0.717, 1.165) is 0 Å². The van der Waals surface area contributed by atoms with Crippen LogP contribution in [0.25, 0.3) is 0 Å². The quantitative estimate of drug-likeness (QED) is 0.542. The van der Waals surface area contributed by atoms with Gasteiger partial charge in [0.25, 0.3) is 0 Å². The molecular weight excluding hydrogens is 279 g/mol. The minimum absolute atomic E-state index is 0.194. The summed E-state index contributed by atoms with van der Waals surface area (Å²) < 4.78 is 28.5. The zero-order valence-electron chi connectivity index (χ0n) is 12.1. The number of carbonyl (C=O) groups is 1. The lowest BCUT2D eigenvalue weighted by atomic mass is 10.1. The van der Waals surface area contributed by atoms with Gasteiger partial charge in [-0.2, -0.15) is 0 Å². The Balaban J connectivity index is 3.21. The molecule has 0 saturated carbocycles. The summed E-state index contributed by atoms with van der Waals surface area (Å²) in [5.74, 6) is -0.594. The largest absolute Gasteiger partial charge is 0.465 e. The van der Waals surface area contributed by atoms with Gasteiger partial charge in [-0.3, -0.25) is 9.36 Å². The van der Waals surface area contributed by atoms with Gasteiger partial charge in [0.1, 0.15) is 0 Å². The highest BCUT2D eigenvalue weighted by atomic mass is 31.2. The molecule has 0 aliphatic carbocycles. The summed E-state index contributed by atoms with van der Waals surface area (Å²) in [6.45, 7) is 5.71. The Labute approximate surface area is 119 Å². The maximum atomic E-state index is 12.9. The van der Waals surface area contributed by atoms with E-state index < -0.39 is 19.2 Å². The van der Waals surface area contributed by atoms with E-state index in [1.54, 1.807) is 45.0 Å². The van der Waals surface area contributed by atoms with Crippen molar-refractivity contribution < 1.29 is 23.1 Å². The first-order valence-electron chi connectivity index (χ1n) is 6.69. The number of esters is 1. The lowest BCUT2D eigenvalue weighted by Gasteiger charge is -2.25. The third-order valence-corrected chi connectivity index (χ3v) is 4.94. The first-order chi connectivity index (χ1) is 9.59. The van der Waals surface area contributed by atoms with E-state index in [4.69, 9.17) is 13.8 Å². The predicted molar refractivity (Wildman–Crippen MR) is 76.7 cm³/mol. The molecular formula is C14H21O5P. The topological polar surface area (TPSA) is 61.8 Å². The third kappa shape index (κ3) is 4.17. The Morgan fingerprint density at radius 1 is 1.05 bits per heavy atom. The van der Waals surface area contributed by atoms with Crippen molar-refractivity contribution >= 4 is 13.6 Å². The normalized spacial score (nSPS) is 12.9. The fraction of sp³-hybridized carbons (Fsp3) is 0.500. The fourth-order valence-corrected chi connectivity index (χ4v) is 3.81. The molecule has 0 saturated heterocycles. The zero-order chi connectivity index (χ0) is 15.0. The van der Waals surface area contributed by atoms with Crippen molar-refractivity contribution in [3.8, 4) is 0 Å². The van der Waals surface area contributed by atoms with Gasteiger partial charge < -0.3 is 13.8 Å². The molecule has 20 heavy (non-hydrogen) atoms. The van der Waals surface area contributed by atoms with Crippen LogP contribution < -0.4 is 0 Å². The molecule has 0 heterocycles. The van der Waals surface area contributed by atoms with Crippen LogP contribution in [-0.2, 0) is 23.1 Å². The van der Waals surface area contributed by atoms with Crippen LogP contribution in [0.2, 0.25) is 0 Å². The average Bonchev–Trinajstić information content (AvgIpc) is 2.40. The number of benzene rings is 1. The van der Waals surface area contributed by atoms with E-state index >= 15 is 0 Å². The average molecular weight is 300 g/mol. The number of hydrogen-bond donors (Lipinski definition) is 0. The molecule has 0 N–H and O–H groups in total. The van der Waals surface area contributed by atoms with Crippen molar-refractivity contribution in [3.63, 3.8) is 0 Å². The highest BCUT2D eigenvalue weighted by Crippen LogP contribution is 2.61. The van der Waals surface area contributed by atoms with Crippen molar-refractivity contribution in [2.75, 3.05) is 19.8 Å². The Morgan fingerprint density at radius 3 is 2.05 bits per heavy atom. The molecule has 112 valence electrons. The summed E-state index contributed by atoms with van der Waals surface area (Å²) in [6.07, 6.45) is 0. The number of ether oxygens (including phenoxy) is 1. The minimum Gasteiger partial charge on any atom is -0.465 e. The van der Waals surface area contributed by atoms with Crippen molar-refractivity contribution in [2.45, 2.75) is 26.4 Å². The maximum Gasteiger partial charge on any atom is 0.349 e. The third-order valence-electron chi connectivity index (χ3n) is 2.56. The van der Waals surface area contributed by atoms with Crippen LogP contribution in [0, 0.1) is 0 Å². The Hall–Kier alpha value is -1.16. The summed E-state index contributed by atoms with van der Waals surface area (Å²) in [7, 11) is -3.61. The summed E-state index contributed by atoms with van der Waals surface area (Å²) in [5.41, 5.74) is -0.486. The van der Waals surface area contributed by atoms with Gasteiger partial charge in [-0.25, -0.2) is 0 Å². The van der Waals surface area contributed by atoms with Crippen LogP contribution in [0.15, 0.2) is 30.3 Å². The second kappa shape index (κ2) is 8.20. The van der Waals surface area contributed by atoms with E-state index in [-0.39, 0.29) is 19.8 Å². The first-order valence-corrected chi connectivity index (χ1v) is 8.30. The van der Waals surface area contributed by atoms with Gasteiger partial charge in [0.05, 0.1) is 19.8 Å². The minimum atomic E-state index is -3.61. The summed E-state index contributed by atoms with van der Waals surface area (Å²) in [5, 5.41) is 0. The lowest BCUT2D eigenvalue weighted by molar-refractivity contribution is -0.143. The molecule has 0 spiro atoms. The number of carbonyl (C=O) groups excluding carboxylic acids is 1. The van der Waals surface area contributed by atoms with Crippen LogP contribution in [0.1, 0.15) is 32.0 Å². The molecule has 1 aromatic rings. The van der Waals surface area contributed by atoms with E-state index in [0.29, 0.717) is 5.56 Å².